The summed E-state index contributed by atoms with van der Waals surface area (Å²) in [5.41, 5.74) is 0. The quantitative estimate of drug-likeness (QED) is 0.617. The lowest BCUT2D eigenvalue weighted by atomic mass is 10.9. The van der Waals surface area contributed by atoms with Crippen molar-refractivity contribution in [3.8, 4) is 0 Å². The number of methoxy groups -OCH3 is 1. The van der Waals surface area contributed by atoms with Crippen molar-refractivity contribution in [2.75, 3.05) is 19.5 Å². The Hall–Kier alpha value is 0.0600. The molecule has 0 heterocycles. The smallest absolute Gasteiger partial charge is 0.0862 e. The molecule has 0 fully saturated rings. The summed E-state index contributed by atoms with van der Waals surface area (Å²) >= 11 is 0. The van der Waals surface area contributed by atoms with Crippen LogP contribution in [0.5, 0.6) is 0 Å². The van der Waals surface area contributed by atoms with Gasteiger partial charge in [0.1, 0.15) is 0 Å². The van der Waals surface area contributed by atoms with Gasteiger partial charge in [0, 0.05) is 7.11 Å². The number of ether oxygens (including phenoxy) is 1. The van der Waals surface area contributed by atoms with E-state index in [1.807, 2.05) is 0 Å². The summed E-state index contributed by atoms with van der Waals surface area (Å²) in [5, 5.41) is 4.02. The minimum atomic E-state index is -6.25. The first-order valence-corrected chi connectivity index (χ1v) is 4.44. The Labute approximate surface area is 52.5 Å². The highest BCUT2D eigenvalue weighted by Crippen LogP contribution is 2.67. The van der Waals surface area contributed by atoms with Crippen molar-refractivity contribution in [2.45, 2.75) is 0 Å². The van der Waals surface area contributed by atoms with Gasteiger partial charge in [-0.3, -0.25) is 0 Å². The number of nitrogens with two attached hydrogens (primary N) is 1. The molecule has 0 aromatic carbocycles. The molecule has 0 aliphatic rings. The fourth-order valence-electron chi connectivity index (χ4n) is 0.248. The maximum atomic E-state index is 11.8. The van der Waals surface area contributed by atoms with E-state index in [1.54, 1.807) is 0 Å². The molecule has 2 nitrogen and oxygen atoms in total. The third-order valence-corrected chi connectivity index (χ3v) is 1.63. The van der Waals surface area contributed by atoms with E-state index in [1.165, 1.54) is 7.11 Å². The molecule has 0 saturated heterocycles. The van der Waals surface area contributed by atoms with Gasteiger partial charge < -0.3 is 4.74 Å². The summed E-state index contributed by atoms with van der Waals surface area (Å²) in [4.78, 5) is 0. The average molecular weight is 165 g/mol. The van der Waals surface area contributed by atoms with E-state index in [2.05, 4.69) is 9.88 Å². The zero-order valence-electron chi connectivity index (χ0n) is 4.98. The van der Waals surface area contributed by atoms with Crippen molar-refractivity contribution >= 4 is 10.5 Å². The normalized spacial score (nSPS) is 16.8. The van der Waals surface area contributed by atoms with Crippen molar-refractivity contribution < 1.29 is 16.4 Å². The van der Waals surface area contributed by atoms with Gasteiger partial charge in [-0.25, -0.2) is 5.14 Å². The summed E-state index contributed by atoms with van der Waals surface area (Å²) in [6.45, 7) is -0.335. The zero-order chi connectivity index (χ0) is 7.57. The predicted molar refractivity (Wildman–Crippen MR) is 33.2 cm³/mol. The molecule has 60 valence electrons. The Balaban J connectivity index is 3.60. The first kappa shape index (κ1) is 9.06. The summed E-state index contributed by atoms with van der Waals surface area (Å²) in [7, 11) is -5.04. The molecular formula is C3H10F3NOS. The van der Waals surface area contributed by atoms with E-state index in [4.69, 9.17) is 0 Å². The van der Waals surface area contributed by atoms with Gasteiger partial charge in [-0.15, -0.1) is 11.7 Å². The molecule has 6 heteroatoms. The average Bonchev–Trinajstić information content (AvgIpc) is 1.57. The van der Waals surface area contributed by atoms with Crippen LogP contribution in [0.3, 0.4) is 0 Å². The van der Waals surface area contributed by atoms with Crippen LogP contribution < -0.4 is 5.14 Å². The van der Waals surface area contributed by atoms with E-state index >= 15 is 0 Å². The summed E-state index contributed by atoms with van der Waals surface area (Å²) < 4.78 is 39.5. The van der Waals surface area contributed by atoms with E-state index < -0.39 is 16.3 Å². The molecule has 0 rings (SSSR count). The van der Waals surface area contributed by atoms with Gasteiger partial charge in [0.15, 0.2) is 0 Å². The number of halogens is 3. The van der Waals surface area contributed by atoms with Gasteiger partial charge in [-0.2, -0.15) is 0 Å². The molecule has 0 aliphatic carbocycles. The van der Waals surface area contributed by atoms with Crippen LogP contribution in [-0.2, 0) is 4.74 Å². The largest absolute Gasteiger partial charge is 0.384 e. The van der Waals surface area contributed by atoms with Gasteiger partial charge in [0.2, 0.25) is 0 Å². The topological polar surface area (TPSA) is 35.2 Å². The first-order chi connectivity index (χ1) is 3.81. The fraction of sp³-hybridized carbons (Fsp3) is 1.00. The van der Waals surface area contributed by atoms with Crippen molar-refractivity contribution in [1.29, 1.82) is 0 Å². The number of hydrogen-bond acceptors (Lipinski definition) is 2. The third kappa shape index (κ3) is 8.06. The Morgan fingerprint density at radius 2 is 1.89 bits per heavy atom. The Kier molecular flexibility index (Phi) is 2.37. The van der Waals surface area contributed by atoms with E-state index in [9.17, 15) is 11.7 Å². The second-order valence-corrected chi connectivity index (χ2v) is 4.24. The number of thiol groups is 1. The molecule has 0 aliphatic heterocycles. The van der Waals surface area contributed by atoms with Crippen molar-refractivity contribution in [2.24, 2.45) is 5.14 Å². The second kappa shape index (κ2) is 2.36. The van der Waals surface area contributed by atoms with Crippen LogP contribution in [0.1, 0.15) is 0 Å². The minimum absolute atomic E-state index is 0.335. The van der Waals surface area contributed by atoms with Gasteiger partial charge in [0.25, 0.3) is 0 Å². The summed E-state index contributed by atoms with van der Waals surface area (Å²) in [5.74, 6) is -0.984. The minimum Gasteiger partial charge on any atom is -0.384 e. The van der Waals surface area contributed by atoms with Crippen LogP contribution in [0, 0.1) is 0 Å². The van der Waals surface area contributed by atoms with Crippen LogP contribution in [-0.4, -0.2) is 19.5 Å². The van der Waals surface area contributed by atoms with E-state index in [-0.39, 0.29) is 6.61 Å². The van der Waals surface area contributed by atoms with Crippen molar-refractivity contribution in [1.82, 2.24) is 0 Å². The highest BCUT2D eigenvalue weighted by Gasteiger charge is 2.31. The fourth-order valence-corrected chi connectivity index (χ4v) is 0.743. The lowest BCUT2D eigenvalue weighted by Gasteiger charge is -2.32. The molecule has 9 heavy (non-hydrogen) atoms. The van der Waals surface area contributed by atoms with Crippen molar-refractivity contribution in [3.05, 3.63) is 0 Å². The van der Waals surface area contributed by atoms with Crippen LogP contribution in [0.15, 0.2) is 0 Å². The second-order valence-electron chi connectivity index (χ2n) is 1.74. The van der Waals surface area contributed by atoms with Gasteiger partial charge >= 0.3 is 0 Å². The maximum absolute atomic E-state index is 11.8. The monoisotopic (exact) mass is 165 g/mol. The van der Waals surface area contributed by atoms with Gasteiger partial charge in [-0.05, 0) is 0 Å². The van der Waals surface area contributed by atoms with E-state index in [0.29, 0.717) is 0 Å². The highest BCUT2D eigenvalue weighted by atomic mass is 32.4. The molecule has 0 unspecified atom stereocenters. The Bertz CT molecular complexity index is 91.7. The maximum Gasteiger partial charge on any atom is 0.0862 e. The Morgan fingerprint density at radius 3 is 2.00 bits per heavy atom. The molecule has 0 amide bonds. The molecular weight excluding hydrogens is 155 g/mol. The molecule has 0 aromatic heterocycles. The summed E-state index contributed by atoms with van der Waals surface area (Å²) in [6, 6.07) is 0. The van der Waals surface area contributed by atoms with Crippen LogP contribution >= 0.6 is 10.5 Å². The van der Waals surface area contributed by atoms with Gasteiger partial charge in [-0.1, -0.05) is 0 Å². The zero-order valence-corrected chi connectivity index (χ0v) is 5.88. The van der Waals surface area contributed by atoms with Crippen molar-refractivity contribution in [3.63, 3.8) is 0 Å². The van der Waals surface area contributed by atoms with Crippen LogP contribution in [0.2, 0.25) is 0 Å². The lowest BCUT2D eigenvalue weighted by Crippen LogP contribution is -2.18. The first-order valence-electron chi connectivity index (χ1n) is 2.28. The molecule has 0 spiro atoms. The standard InChI is InChI=1S/C3H10F3NOS/c1-8-2-3-9(4,5,6)7/h9H,2-3,7H2,1H3. The molecule has 0 radical (unpaired) electrons. The van der Waals surface area contributed by atoms with Gasteiger partial charge in [0.05, 0.1) is 22.9 Å². The number of hydrogen-bond donors (Lipinski definition) is 2. The van der Waals surface area contributed by atoms with Crippen LogP contribution in [0.25, 0.3) is 0 Å². The lowest BCUT2D eigenvalue weighted by molar-refractivity contribution is 0.215. The summed E-state index contributed by atoms with van der Waals surface area (Å²) in [6.07, 6.45) is 0. The molecule has 0 saturated carbocycles. The van der Waals surface area contributed by atoms with E-state index in [0.717, 1.165) is 0 Å². The molecule has 0 aromatic rings. The molecule has 2 N–H and O–H groups in total. The van der Waals surface area contributed by atoms with Crippen LogP contribution in [0.4, 0.5) is 11.7 Å². The third-order valence-electron chi connectivity index (χ3n) is 0.678. The molecule has 0 bridgehead atoms. The molecule has 0 atom stereocenters. The highest BCUT2D eigenvalue weighted by molar-refractivity contribution is 8.35. The Morgan fingerprint density at radius 1 is 1.44 bits per heavy atom. The SMILES string of the molecule is COCC[SH](N)(F)(F)F. The predicted octanol–water partition coefficient (Wildman–Crippen LogP) is 1.23. The number of rotatable bonds is 3.